The molecule has 0 aromatic heterocycles. The van der Waals surface area contributed by atoms with Crippen LogP contribution in [0.15, 0.2) is 0 Å². The molecule has 0 saturated carbocycles. The van der Waals surface area contributed by atoms with Crippen molar-refractivity contribution in [1.29, 1.82) is 0 Å². The van der Waals surface area contributed by atoms with Crippen molar-refractivity contribution < 1.29 is 4.52 Å². The number of hydrogen-bond acceptors (Lipinski definition) is 1. The molecule has 1 unspecified atom stereocenters. The van der Waals surface area contributed by atoms with Crippen molar-refractivity contribution >= 4 is 7.49 Å². The number of hydrogen-bond donors (Lipinski definition) is 0. The molecular weight excluding hydrogens is 215 g/mol. The van der Waals surface area contributed by atoms with Crippen LogP contribution in [-0.4, -0.2) is 25.6 Å². The second-order valence-corrected chi connectivity index (χ2v) is 10.5. The van der Waals surface area contributed by atoms with Gasteiger partial charge in [-0.15, -0.1) is 0 Å². The van der Waals surface area contributed by atoms with E-state index in [1.165, 1.54) is 25.4 Å². The molecule has 0 fully saturated rings. The van der Waals surface area contributed by atoms with E-state index in [1.807, 2.05) is 7.11 Å². The van der Waals surface area contributed by atoms with Crippen LogP contribution in [0.2, 0.25) is 0 Å². The molecule has 1 nitrogen and oxygen atoms in total. The summed E-state index contributed by atoms with van der Waals surface area (Å²) in [5, 5.41) is 0. The van der Waals surface area contributed by atoms with Crippen molar-refractivity contribution in [2.24, 2.45) is 11.8 Å². The Hall–Kier alpha value is 0.390. The van der Waals surface area contributed by atoms with Gasteiger partial charge in [0.25, 0.3) is 0 Å². The Morgan fingerprint density at radius 3 is 2.00 bits per heavy atom. The molecule has 0 aromatic carbocycles. The normalized spacial score (nSPS) is 17.5. The van der Waals surface area contributed by atoms with E-state index in [-0.39, 0.29) is 0 Å². The molecule has 0 aliphatic carbocycles. The van der Waals surface area contributed by atoms with Crippen LogP contribution in [0.3, 0.4) is 0 Å². The fourth-order valence-corrected chi connectivity index (χ4v) is 5.71. The van der Waals surface area contributed by atoms with E-state index in [0.29, 0.717) is 0 Å². The first-order valence-corrected chi connectivity index (χ1v) is 9.60. The molecule has 0 N–H and O–H groups in total. The van der Waals surface area contributed by atoms with E-state index < -0.39 is 7.49 Å². The molecular formula is C14H33OP. The van der Waals surface area contributed by atoms with E-state index in [0.717, 1.165) is 17.5 Å². The second-order valence-electron chi connectivity index (χ2n) is 6.11. The molecule has 0 heterocycles. The summed E-state index contributed by atoms with van der Waals surface area (Å²) >= 11 is 0. The van der Waals surface area contributed by atoms with Gasteiger partial charge in [-0.25, -0.2) is 0 Å². The molecule has 100 valence electrons. The van der Waals surface area contributed by atoms with Crippen molar-refractivity contribution in [3.63, 3.8) is 0 Å². The molecule has 0 aliphatic rings. The van der Waals surface area contributed by atoms with E-state index in [9.17, 15) is 0 Å². The van der Waals surface area contributed by atoms with Crippen molar-refractivity contribution in [3.8, 4) is 0 Å². The Morgan fingerprint density at radius 1 is 1.06 bits per heavy atom. The Labute approximate surface area is 104 Å². The summed E-state index contributed by atoms with van der Waals surface area (Å²) in [6.45, 7) is 14.1. The Kier molecular flexibility index (Phi) is 7.85. The van der Waals surface area contributed by atoms with Gasteiger partial charge in [-0.1, -0.05) is 0 Å². The van der Waals surface area contributed by atoms with Crippen LogP contribution in [0.25, 0.3) is 0 Å². The summed E-state index contributed by atoms with van der Waals surface area (Å²) in [5.41, 5.74) is 0.786. The van der Waals surface area contributed by atoms with Gasteiger partial charge in [0, 0.05) is 0 Å². The summed E-state index contributed by atoms with van der Waals surface area (Å²) in [6.07, 6.45) is 5.31. The fraction of sp³-hybridized carbons (Fsp3) is 1.00. The molecule has 0 radical (unpaired) electrons. The van der Waals surface area contributed by atoms with E-state index >= 15 is 0 Å². The zero-order valence-corrected chi connectivity index (χ0v) is 13.5. The molecule has 2 atom stereocenters. The molecule has 2 heteroatoms. The first kappa shape index (κ1) is 16.4. The summed E-state index contributed by atoms with van der Waals surface area (Å²) < 4.78 is 5.92. The molecule has 0 aromatic rings. The Morgan fingerprint density at radius 2 is 1.62 bits per heavy atom. The third-order valence-electron chi connectivity index (χ3n) is 4.11. The summed E-state index contributed by atoms with van der Waals surface area (Å²) in [5.74, 6) is 1.64. The van der Waals surface area contributed by atoms with Crippen LogP contribution in [-0.2, 0) is 4.52 Å². The summed E-state index contributed by atoms with van der Waals surface area (Å²) in [7, 11) is 0.456. The minimum atomic E-state index is -1.47. The molecule has 0 rings (SSSR count). The van der Waals surface area contributed by atoms with Gasteiger partial charge >= 0.3 is 103 Å². The first-order chi connectivity index (χ1) is 7.35. The third kappa shape index (κ3) is 5.64. The maximum atomic E-state index is 5.92. The predicted octanol–water partition coefficient (Wildman–Crippen LogP) is 4.80. The van der Waals surface area contributed by atoms with Crippen molar-refractivity contribution in [1.82, 2.24) is 0 Å². The van der Waals surface area contributed by atoms with Crippen LogP contribution in [0.5, 0.6) is 0 Å². The van der Waals surface area contributed by atoms with Gasteiger partial charge in [0.1, 0.15) is 0 Å². The predicted molar refractivity (Wildman–Crippen MR) is 79.1 cm³/mol. The zero-order chi connectivity index (χ0) is 12.8. The van der Waals surface area contributed by atoms with Crippen LogP contribution >= 0.6 is 7.49 Å². The van der Waals surface area contributed by atoms with Crippen molar-refractivity contribution in [3.05, 3.63) is 0 Å². The van der Waals surface area contributed by atoms with Gasteiger partial charge < -0.3 is 0 Å². The quantitative estimate of drug-likeness (QED) is 0.561. The van der Waals surface area contributed by atoms with Gasteiger partial charge in [-0.05, 0) is 0 Å². The summed E-state index contributed by atoms with van der Waals surface area (Å²) in [6, 6.07) is 0. The molecule has 0 saturated heterocycles. The van der Waals surface area contributed by atoms with Gasteiger partial charge in [-0.2, -0.15) is 0 Å². The van der Waals surface area contributed by atoms with Crippen molar-refractivity contribution in [2.45, 2.75) is 59.5 Å². The molecule has 16 heavy (non-hydrogen) atoms. The molecule has 0 bridgehead atoms. The van der Waals surface area contributed by atoms with Crippen LogP contribution in [0.4, 0.5) is 0 Å². The van der Waals surface area contributed by atoms with Gasteiger partial charge in [0.05, 0.1) is 0 Å². The topological polar surface area (TPSA) is 9.23 Å². The van der Waals surface area contributed by atoms with Crippen LogP contribution in [0, 0.1) is 11.8 Å². The van der Waals surface area contributed by atoms with Gasteiger partial charge in [0.15, 0.2) is 0 Å². The second kappa shape index (κ2) is 7.67. The molecule has 0 amide bonds. The standard InChI is InChI=1S/C14H33OP/c1-8-13(4)9-10-14(5)16(7,15-6)11-12(2)3/h12-14,16H,8-11H2,1-7H3/t13?,14-/m0/s1. The van der Waals surface area contributed by atoms with Crippen LogP contribution in [0.1, 0.15) is 53.9 Å². The van der Waals surface area contributed by atoms with E-state index in [1.54, 1.807) is 0 Å². The average molecular weight is 248 g/mol. The first-order valence-electron chi connectivity index (χ1n) is 6.90. The average Bonchev–Trinajstić information content (AvgIpc) is 2.23. The van der Waals surface area contributed by atoms with E-state index in [2.05, 4.69) is 41.3 Å². The Bertz CT molecular complexity index is 182. The number of rotatable bonds is 8. The van der Waals surface area contributed by atoms with E-state index in [4.69, 9.17) is 4.52 Å². The zero-order valence-electron chi connectivity index (χ0n) is 12.5. The van der Waals surface area contributed by atoms with Gasteiger partial charge in [-0.3, -0.25) is 0 Å². The monoisotopic (exact) mass is 248 g/mol. The van der Waals surface area contributed by atoms with Crippen molar-refractivity contribution in [2.75, 3.05) is 19.9 Å². The molecule has 0 spiro atoms. The Balaban J connectivity index is 4.23. The van der Waals surface area contributed by atoms with Crippen LogP contribution < -0.4 is 0 Å². The minimum absolute atomic E-state index is 0.766. The fourth-order valence-electron chi connectivity index (χ4n) is 2.34. The maximum absolute atomic E-state index is 5.92. The summed E-state index contributed by atoms with van der Waals surface area (Å²) in [4.78, 5) is 0. The molecule has 0 aliphatic heterocycles. The van der Waals surface area contributed by atoms with Gasteiger partial charge in [0.2, 0.25) is 0 Å². The third-order valence-corrected chi connectivity index (χ3v) is 9.05. The SMILES string of the molecule is CCC(C)CC[C@H](C)[PH](C)(CC(C)C)OC.